The molecule has 1 aliphatic heterocycles. The molecule has 0 radical (unpaired) electrons. The first-order valence-electron chi connectivity index (χ1n) is 8.57. The third-order valence-electron chi connectivity index (χ3n) is 4.47. The zero-order valence-electron chi connectivity index (χ0n) is 14.0. The lowest BCUT2D eigenvalue weighted by atomic mass is 10.1. The second-order valence-corrected chi connectivity index (χ2v) is 6.29. The fourth-order valence-electron chi connectivity index (χ4n) is 3.13. The highest BCUT2D eigenvalue weighted by atomic mass is 16.5. The summed E-state index contributed by atoms with van der Waals surface area (Å²) in [5.74, 6) is 0.831. The molecule has 1 aromatic carbocycles. The van der Waals surface area contributed by atoms with Gasteiger partial charge in [-0.05, 0) is 43.9 Å². The van der Waals surface area contributed by atoms with Gasteiger partial charge >= 0.3 is 0 Å². The molecule has 0 spiro atoms. The summed E-state index contributed by atoms with van der Waals surface area (Å²) in [7, 11) is 0. The number of hydrogen-bond donors (Lipinski definition) is 0. The maximum Gasteiger partial charge on any atom is 0.251 e. The lowest BCUT2D eigenvalue weighted by Gasteiger charge is -2.16. The second kappa shape index (κ2) is 7.18. The monoisotopic (exact) mass is 315 g/mol. The molecule has 2 heterocycles. The van der Waals surface area contributed by atoms with Crippen LogP contribution >= 0.6 is 0 Å². The smallest absolute Gasteiger partial charge is 0.251 e. The summed E-state index contributed by atoms with van der Waals surface area (Å²) in [5.41, 5.74) is 1.99. The highest BCUT2D eigenvalue weighted by Crippen LogP contribution is 2.24. The van der Waals surface area contributed by atoms with Crippen LogP contribution in [0.15, 0.2) is 29.1 Å². The van der Waals surface area contributed by atoms with Crippen molar-refractivity contribution in [2.45, 2.75) is 52.2 Å². The van der Waals surface area contributed by atoms with E-state index in [2.05, 4.69) is 13.0 Å². The van der Waals surface area contributed by atoms with E-state index in [-0.39, 0.29) is 11.7 Å². The Kier molecular flexibility index (Phi) is 5.01. The standard InChI is InChI=1S/C19H25NO3/c1-3-4-9-22-15-7-8-17-14(2)11-19(21)20(18(17)12-15)13-16-6-5-10-23-16/h7-8,11-12,16H,3-6,9-10,13H2,1-2H3. The molecule has 2 aromatic rings. The van der Waals surface area contributed by atoms with Gasteiger partial charge in [-0.1, -0.05) is 13.3 Å². The first kappa shape index (κ1) is 16.1. The Morgan fingerprint density at radius 3 is 2.96 bits per heavy atom. The molecule has 1 saturated heterocycles. The van der Waals surface area contributed by atoms with Gasteiger partial charge in [0.1, 0.15) is 5.75 Å². The number of nitrogens with zero attached hydrogens (tertiary/aromatic N) is 1. The van der Waals surface area contributed by atoms with Gasteiger partial charge in [0.2, 0.25) is 0 Å². The van der Waals surface area contributed by atoms with Crippen LogP contribution in [-0.4, -0.2) is 23.9 Å². The van der Waals surface area contributed by atoms with E-state index in [0.717, 1.165) is 54.5 Å². The van der Waals surface area contributed by atoms with Crippen molar-refractivity contribution in [1.29, 1.82) is 0 Å². The molecule has 3 rings (SSSR count). The number of hydrogen-bond acceptors (Lipinski definition) is 3. The Bertz CT molecular complexity index is 729. The summed E-state index contributed by atoms with van der Waals surface area (Å²) in [5, 5.41) is 1.10. The first-order valence-corrected chi connectivity index (χ1v) is 8.57. The summed E-state index contributed by atoms with van der Waals surface area (Å²) >= 11 is 0. The number of aromatic nitrogens is 1. The van der Waals surface area contributed by atoms with Crippen LogP contribution in [-0.2, 0) is 11.3 Å². The average Bonchev–Trinajstić information content (AvgIpc) is 3.04. The molecule has 0 aliphatic carbocycles. The van der Waals surface area contributed by atoms with Crippen molar-refractivity contribution >= 4 is 10.9 Å². The number of pyridine rings is 1. The van der Waals surface area contributed by atoms with Crippen molar-refractivity contribution in [2.24, 2.45) is 0 Å². The van der Waals surface area contributed by atoms with Crippen LogP contribution < -0.4 is 10.3 Å². The third-order valence-corrected chi connectivity index (χ3v) is 4.47. The minimum atomic E-state index is 0.0382. The highest BCUT2D eigenvalue weighted by Gasteiger charge is 2.18. The molecular formula is C19H25NO3. The summed E-state index contributed by atoms with van der Waals surface area (Å²) < 4.78 is 13.4. The molecule has 0 N–H and O–H groups in total. The normalized spacial score (nSPS) is 17.7. The SMILES string of the molecule is CCCCOc1ccc2c(C)cc(=O)n(CC3CCCO3)c2c1. The number of ether oxygens (including phenoxy) is 2. The predicted molar refractivity (Wildman–Crippen MR) is 92.3 cm³/mol. The van der Waals surface area contributed by atoms with Gasteiger partial charge < -0.3 is 14.0 Å². The van der Waals surface area contributed by atoms with Crippen molar-refractivity contribution in [3.05, 3.63) is 40.2 Å². The van der Waals surface area contributed by atoms with E-state index < -0.39 is 0 Å². The highest BCUT2D eigenvalue weighted by molar-refractivity contribution is 5.83. The molecular weight excluding hydrogens is 290 g/mol. The molecule has 0 saturated carbocycles. The number of rotatable bonds is 6. The first-order chi connectivity index (χ1) is 11.2. The maximum atomic E-state index is 12.5. The number of unbranched alkanes of at least 4 members (excludes halogenated alkanes) is 1. The minimum absolute atomic E-state index is 0.0382. The van der Waals surface area contributed by atoms with E-state index in [9.17, 15) is 4.79 Å². The summed E-state index contributed by atoms with van der Waals surface area (Å²) in [4.78, 5) is 12.5. The van der Waals surface area contributed by atoms with E-state index in [1.807, 2.05) is 23.6 Å². The maximum absolute atomic E-state index is 12.5. The van der Waals surface area contributed by atoms with Crippen LogP contribution in [0.5, 0.6) is 5.75 Å². The molecule has 1 atom stereocenters. The fraction of sp³-hybridized carbons (Fsp3) is 0.526. The number of benzene rings is 1. The average molecular weight is 315 g/mol. The van der Waals surface area contributed by atoms with Crippen molar-refractivity contribution < 1.29 is 9.47 Å². The fourth-order valence-corrected chi connectivity index (χ4v) is 3.13. The largest absolute Gasteiger partial charge is 0.494 e. The van der Waals surface area contributed by atoms with Gasteiger partial charge in [0.05, 0.1) is 24.8 Å². The molecule has 1 fully saturated rings. The topological polar surface area (TPSA) is 40.5 Å². The van der Waals surface area contributed by atoms with Crippen molar-refractivity contribution in [1.82, 2.24) is 4.57 Å². The molecule has 4 heteroatoms. The summed E-state index contributed by atoms with van der Waals surface area (Å²) in [6.07, 6.45) is 4.39. The quantitative estimate of drug-likeness (QED) is 0.764. The third kappa shape index (κ3) is 3.58. The molecule has 0 amide bonds. The Balaban J connectivity index is 1.98. The molecule has 124 valence electrons. The van der Waals surface area contributed by atoms with Gasteiger partial charge in [0.25, 0.3) is 5.56 Å². The van der Waals surface area contributed by atoms with E-state index in [0.29, 0.717) is 13.2 Å². The molecule has 1 unspecified atom stereocenters. The van der Waals surface area contributed by atoms with E-state index in [1.165, 1.54) is 0 Å². The Labute approximate surface area is 137 Å². The van der Waals surface area contributed by atoms with Crippen LogP contribution in [0.3, 0.4) is 0 Å². The number of fused-ring (bicyclic) bond motifs is 1. The van der Waals surface area contributed by atoms with Gasteiger partial charge in [-0.3, -0.25) is 4.79 Å². The van der Waals surface area contributed by atoms with Crippen LogP contribution in [0.2, 0.25) is 0 Å². The zero-order chi connectivity index (χ0) is 16.2. The molecule has 0 bridgehead atoms. The van der Waals surface area contributed by atoms with Crippen LogP contribution in [0.1, 0.15) is 38.2 Å². The molecule has 23 heavy (non-hydrogen) atoms. The Hall–Kier alpha value is -1.81. The molecule has 4 nitrogen and oxygen atoms in total. The van der Waals surface area contributed by atoms with Crippen molar-refractivity contribution in [2.75, 3.05) is 13.2 Å². The van der Waals surface area contributed by atoms with Gasteiger partial charge in [-0.15, -0.1) is 0 Å². The van der Waals surface area contributed by atoms with E-state index in [1.54, 1.807) is 6.07 Å². The second-order valence-electron chi connectivity index (χ2n) is 6.29. The van der Waals surface area contributed by atoms with Gasteiger partial charge in [-0.25, -0.2) is 0 Å². The Morgan fingerprint density at radius 2 is 2.22 bits per heavy atom. The van der Waals surface area contributed by atoms with Crippen LogP contribution in [0, 0.1) is 6.92 Å². The van der Waals surface area contributed by atoms with Crippen molar-refractivity contribution in [3.8, 4) is 5.75 Å². The predicted octanol–water partition coefficient (Wildman–Crippen LogP) is 3.67. The van der Waals surface area contributed by atoms with Gasteiger partial charge in [0.15, 0.2) is 0 Å². The van der Waals surface area contributed by atoms with Gasteiger partial charge in [0, 0.05) is 24.1 Å². The summed E-state index contributed by atoms with van der Waals surface area (Å²) in [6, 6.07) is 7.76. The van der Waals surface area contributed by atoms with Gasteiger partial charge in [-0.2, -0.15) is 0 Å². The van der Waals surface area contributed by atoms with Crippen LogP contribution in [0.25, 0.3) is 10.9 Å². The lowest BCUT2D eigenvalue weighted by molar-refractivity contribution is 0.0972. The molecule has 1 aromatic heterocycles. The van der Waals surface area contributed by atoms with E-state index in [4.69, 9.17) is 9.47 Å². The Morgan fingerprint density at radius 1 is 1.35 bits per heavy atom. The minimum Gasteiger partial charge on any atom is -0.494 e. The lowest BCUT2D eigenvalue weighted by Crippen LogP contribution is -2.26. The van der Waals surface area contributed by atoms with E-state index >= 15 is 0 Å². The van der Waals surface area contributed by atoms with Crippen molar-refractivity contribution in [3.63, 3.8) is 0 Å². The zero-order valence-corrected chi connectivity index (χ0v) is 14.0. The summed E-state index contributed by atoms with van der Waals surface area (Å²) in [6.45, 7) is 6.26. The molecule has 1 aliphatic rings. The number of aryl methyl sites for hydroxylation is 1. The van der Waals surface area contributed by atoms with Crippen LogP contribution in [0.4, 0.5) is 0 Å².